The molecule has 1 amide bonds. The third-order valence-corrected chi connectivity index (χ3v) is 4.97. The Hall–Kier alpha value is -2.62. The topological polar surface area (TPSA) is 44.9 Å². The molecule has 0 unspecified atom stereocenters. The molecule has 1 saturated carbocycles. The van der Waals surface area contributed by atoms with Crippen LogP contribution in [-0.4, -0.2) is 17.4 Å². The molecule has 3 nitrogen and oxygen atoms in total. The van der Waals surface area contributed by atoms with E-state index in [1.165, 1.54) is 6.07 Å². The number of amides is 1. The molecule has 0 aliphatic heterocycles. The van der Waals surface area contributed by atoms with Crippen molar-refractivity contribution >= 4 is 16.8 Å². The number of carbonyl (C=O) groups excluding carboxylic acids is 1. The summed E-state index contributed by atoms with van der Waals surface area (Å²) in [6.07, 6.45) is 3.96. The Morgan fingerprint density at radius 2 is 1.96 bits per heavy atom. The van der Waals surface area contributed by atoms with Gasteiger partial charge in [-0.15, -0.1) is 0 Å². The molecule has 4 heteroatoms. The number of halogens is 1. The highest BCUT2D eigenvalue weighted by Gasteiger charge is 2.45. The van der Waals surface area contributed by atoms with E-state index in [9.17, 15) is 9.18 Å². The monoisotopic (exact) mass is 322 g/mol. The van der Waals surface area contributed by atoms with Gasteiger partial charge >= 0.3 is 0 Å². The number of nitrogens with one attached hydrogen (secondary N) is 2. The minimum absolute atomic E-state index is 0.0627. The first-order valence-corrected chi connectivity index (χ1v) is 8.19. The summed E-state index contributed by atoms with van der Waals surface area (Å²) in [5.74, 6) is -0.296. The number of carbonyl (C=O) groups is 1. The van der Waals surface area contributed by atoms with Crippen LogP contribution in [-0.2, 0) is 5.41 Å². The van der Waals surface area contributed by atoms with Gasteiger partial charge in [0.1, 0.15) is 5.82 Å². The summed E-state index contributed by atoms with van der Waals surface area (Å²) < 4.78 is 13.6. The third kappa shape index (κ3) is 2.58. The molecular weight excluding hydrogens is 303 g/mol. The second-order valence-electron chi connectivity index (χ2n) is 6.72. The summed E-state index contributed by atoms with van der Waals surface area (Å²) >= 11 is 0. The van der Waals surface area contributed by atoms with Crippen LogP contribution in [0.2, 0.25) is 0 Å². The summed E-state index contributed by atoms with van der Waals surface area (Å²) in [7, 11) is 0. The fourth-order valence-electron chi connectivity index (χ4n) is 3.28. The normalized spacial score (nSPS) is 15.4. The van der Waals surface area contributed by atoms with E-state index in [0.29, 0.717) is 12.1 Å². The Morgan fingerprint density at radius 1 is 1.21 bits per heavy atom. The second kappa shape index (κ2) is 5.48. The lowest BCUT2D eigenvalue weighted by Crippen LogP contribution is -2.32. The summed E-state index contributed by atoms with van der Waals surface area (Å²) in [4.78, 5) is 15.5. The maximum Gasteiger partial charge on any atom is 0.251 e. The first-order chi connectivity index (χ1) is 11.6. The maximum absolute atomic E-state index is 13.6. The third-order valence-electron chi connectivity index (χ3n) is 4.97. The number of H-pyrrole nitrogens is 1. The molecule has 1 aromatic heterocycles. The van der Waals surface area contributed by atoms with Crippen LogP contribution in [0, 0.1) is 12.7 Å². The number of aromatic amines is 1. The molecule has 1 heterocycles. The predicted molar refractivity (Wildman–Crippen MR) is 92.7 cm³/mol. The van der Waals surface area contributed by atoms with Crippen LogP contribution in [0.5, 0.6) is 0 Å². The van der Waals surface area contributed by atoms with Crippen molar-refractivity contribution in [3.8, 4) is 0 Å². The first-order valence-electron chi connectivity index (χ1n) is 8.19. The number of hydrogen-bond donors (Lipinski definition) is 2. The van der Waals surface area contributed by atoms with Crippen molar-refractivity contribution in [1.82, 2.24) is 10.3 Å². The van der Waals surface area contributed by atoms with E-state index in [1.807, 2.05) is 37.4 Å². The van der Waals surface area contributed by atoms with Gasteiger partial charge in [-0.25, -0.2) is 4.39 Å². The lowest BCUT2D eigenvalue weighted by Gasteiger charge is -2.16. The van der Waals surface area contributed by atoms with Gasteiger partial charge in [0.05, 0.1) is 0 Å². The van der Waals surface area contributed by atoms with Gasteiger partial charge in [-0.1, -0.05) is 17.7 Å². The van der Waals surface area contributed by atoms with Crippen LogP contribution in [0.15, 0.2) is 48.7 Å². The molecular formula is C20H19FN2O. The number of aromatic nitrogens is 1. The molecule has 24 heavy (non-hydrogen) atoms. The molecule has 0 spiro atoms. The molecule has 1 fully saturated rings. The SMILES string of the molecule is Cc1ccc(C(=O)NCC2(c3c[nH]c4ccc(F)cc34)CC2)cc1. The lowest BCUT2D eigenvalue weighted by molar-refractivity contribution is 0.0949. The van der Waals surface area contributed by atoms with Crippen LogP contribution >= 0.6 is 0 Å². The zero-order valence-corrected chi connectivity index (χ0v) is 13.5. The average Bonchev–Trinajstić information content (AvgIpc) is 3.25. The van der Waals surface area contributed by atoms with Crippen LogP contribution in [0.1, 0.15) is 34.3 Å². The molecule has 1 aliphatic carbocycles. The minimum Gasteiger partial charge on any atom is -0.361 e. The average molecular weight is 322 g/mol. The highest BCUT2D eigenvalue weighted by molar-refractivity contribution is 5.94. The van der Waals surface area contributed by atoms with Crippen molar-refractivity contribution in [3.05, 3.63) is 71.2 Å². The van der Waals surface area contributed by atoms with Crippen molar-refractivity contribution in [2.45, 2.75) is 25.2 Å². The fraction of sp³-hybridized carbons (Fsp3) is 0.250. The summed E-state index contributed by atoms with van der Waals surface area (Å²) in [5, 5.41) is 3.96. The summed E-state index contributed by atoms with van der Waals surface area (Å²) in [6.45, 7) is 2.57. The predicted octanol–water partition coefficient (Wildman–Crippen LogP) is 4.08. The maximum atomic E-state index is 13.6. The first kappa shape index (κ1) is 14.9. The number of benzene rings is 2. The molecule has 0 bridgehead atoms. The van der Waals surface area contributed by atoms with E-state index < -0.39 is 0 Å². The number of hydrogen-bond acceptors (Lipinski definition) is 1. The van der Waals surface area contributed by atoms with Gasteiger partial charge in [-0.05, 0) is 55.7 Å². The van der Waals surface area contributed by atoms with E-state index in [0.717, 1.165) is 34.9 Å². The molecule has 0 radical (unpaired) electrons. The molecule has 3 aromatic rings. The Labute approximate surface area is 139 Å². The van der Waals surface area contributed by atoms with Gasteiger partial charge < -0.3 is 10.3 Å². The fourth-order valence-corrected chi connectivity index (χ4v) is 3.28. The quantitative estimate of drug-likeness (QED) is 0.747. The van der Waals surface area contributed by atoms with E-state index in [-0.39, 0.29) is 17.1 Å². The van der Waals surface area contributed by atoms with Crippen LogP contribution < -0.4 is 5.32 Å². The zero-order chi connectivity index (χ0) is 16.7. The van der Waals surface area contributed by atoms with Gasteiger partial charge in [0.25, 0.3) is 5.91 Å². The Bertz CT molecular complexity index is 907. The lowest BCUT2D eigenvalue weighted by atomic mass is 9.95. The minimum atomic E-state index is -0.233. The second-order valence-corrected chi connectivity index (χ2v) is 6.72. The highest BCUT2D eigenvalue weighted by atomic mass is 19.1. The number of aryl methyl sites for hydroxylation is 1. The number of fused-ring (bicyclic) bond motifs is 1. The van der Waals surface area contributed by atoms with Gasteiger partial charge in [0, 0.05) is 34.6 Å². The molecule has 122 valence electrons. The van der Waals surface area contributed by atoms with E-state index >= 15 is 0 Å². The van der Waals surface area contributed by atoms with Crippen molar-refractivity contribution in [1.29, 1.82) is 0 Å². The zero-order valence-electron chi connectivity index (χ0n) is 13.5. The molecule has 0 atom stereocenters. The van der Waals surface area contributed by atoms with Crippen LogP contribution in [0.3, 0.4) is 0 Å². The van der Waals surface area contributed by atoms with Crippen LogP contribution in [0.25, 0.3) is 10.9 Å². The van der Waals surface area contributed by atoms with Gasteiger partial charge in [-0.2, -0.15) is 0 Å². The molecule has 2 N–H and O–H groups in total. The van der Waals surface area contributed by atoms with Gasteiger partial charge in [0.15, 0.2) is 0 Å². The van der Waals surface area contributed by atoms with Crippen molar-refractivity contribution < 1.29 is 9.18 Å². The van der Waals surface area contributed by atoms with E-state index in [4.69, 9.17) is 0 Å². The smallest absolute Gasteiger partial charge is 0.251 e. The van der Waals surface area contributed by atoms with E-state index in [2.05, 4.69) is 10.3 Å². The summed E-state index contributed by atoms with van der Waals surface area (Å²) in [6, 6.07) is 12.3. The van der Waals surface area contributed by atoms with Crippen molar-refractivity contribution in [3.63, 3.8) is 0 Å². The Balaban J connectivity index is 1.54. The van der Waals surface area contributed by atoms with Gasteiger partial charge in [0.2, 0.25) is 0 Å². The van der Waals surface area contributed by atoms with Crippen molar-refractivity contribution in [2.24, 2.45) is 0 Å². The highest BCUT2D eigenvalue weighted by Crippen LogP contribution is 2.50. The van der Waals surface area contributed by atoms with Gasteiger partial charge in [-0.3, -0.25) is 4.79 Å². The van der Waals surface area contributed by atoms with E-state index in [1.54, 1.807) is 12.1 Å². The molecule has 1 aliphatic rings. The largest absolute Gasteiger partial charge is 0.361 e. The molecule has 4 rings (SSSR count). The molecule has 0 saturated heterocycles. The summed E-state index contributed by atoms with van der Waals surface area (Å²) in [5.41, 5.74) is 3.75. The Kier molecular flexibility index (Phi) is 3.41. The Morgan fingerprint density at radius 3 is 2.67 bits per heavy atom. The standard InChI is InChI=1S/C20H19FN2O/c1-13-2-4-14(5-3-13)19(24)23-12-20(8-9-20)17-11-22-18-7-6-15(21)10-16(17)18/h2-7,10-11,22H,8-9,12H2,1H3,(H,23,24). The molecule has 2 aromatic carbocycles. The number of rotatable bonds is 4. The van der Waals surface area contributed by atoms with Crippen molar-refractivity contribution in [2.75, 3.05) is 6.54 Å². The van der Waals surface area contributed by atoms with Crippen LogP contribution in [0.4, 0.5) is 4.39 Å².